The van der Waals surface area contributed by atoms with E-state index >= 15 is 0 Å². The summed E-state index contributed by atoms with van der Waals surface area (Å²) in [6.07, 6.45) is -4.89. The van der Waals surface area contributed by atoms with E-state index in [1.54, 1.807) is 38.1 Å². The van der Waals surface area contributed by atoms with Crippen molar-refractivity contribution in [2.24, 2.45) is 0 Å². The van der Waals surface area contributed by atoms with Crippen LogP contribution in [0.25, 0.3) is 5.57 Å². The second-order valence-electron chi connectivity index (χ2n) is 7.98. The van der Waals surface area contributed by atoms with Crippen LogP contribution in [0, 0.1) is 0 Å². The molecule has 174 valence electrons. The third-order valence-corrected chi connectivity index (χ3v) is 5.19. The second-order valence-corrected chi connectivity index (χ2v) is 8.41. The monoisotopic (exact) mass is 473 g/mol. The molecule has 0 bridgehead atoms. The van der Waals surface area contributed by atoms with Crippen LogP contribution in [0.3, 0.4) is 0 Å². The number of hydrogen-bond acceptors (Lipinski definition) is 6. The van der Waals surface area contributed by atoms with E-state index in [1.165, 1.54) is 0 Å². The molecule has 11 heteroatoms. The Bertz CT molecular complexity index is 954. The molecule has 1 saturated carbocycles. The second kappa shape index (κ2) is 9.50. The highest BCUT2D eigenvalue weighted by Gasteiger charge is 2.42. The summed E-state index contributed by atoms with van der Waals surface area (Å²) in [5, 5.41) is 11.1. The Morgan fingerprint density at radius 2 is 1.91 bits per heavy atom. The van der Waals surface area contributed by atoms with Crippen LogP contribution in [-0.2, 0) is 9.53 Å². The fraction of sp³-hybridized carbons (Fsp3) is 0.476. The molecule has 2 aromatic rings. The number of halogens is 4. The molecule has 32 heavy (non-hydrogen) atoms. The minimum atomic E-state index is -4.65. The van der Waals surface area contributed by atoms with Gasteiger partial charge in [-0.25, -0.2) is 0 Å². The van der Waals surface area contributed by atoms with E-state index in [1.807, 2.05) is 0 Å². The van der Waals surface area contributed by atoms with Crippen LogP contribution < -0.4 is 10.1 Å². The van der Waals surface area contributed by atoms with E-state index in [2.05, 4.69) is 26.8 Å². The Kier molecular flexibility index (Phi) is 7.14. The maximum Gasteiger partial charge on any atom is 0.522 e. The van der Waals surface area contributed by atoms with Crippen molar-refractivity contribution in [3.05, 3.63) is 47.6 Å². The maximum absolute atomic E-state index is 12.5. The van der Waals surface area contributed by atoms with E-state index in [4.69, 9.17) is 20.8 Å². The van der Waals surface area contributed by atoms with Gasteiger partial charge in [-0.1, -0.05) is 18.2 Å². The van der Waals surface area contributed by atoms with Gasteiger partial charge < -0.3 is 14.5 Å². The van der Waals surface area contributed by atoms with Crippen LogP contribution in [-0.4, -0.2) is 40.7 Å². The molecule has 1 aromatic carbocycles. The van der Waals surface area contributed by atoms with Gasteiger partial charge in [-0.15, -0.1) is 23.4 Å². The molecule has 0 atom stereocenters. The molecule has 1 heterocycles. The largest absolute Gasteiger partial charge is 0.522 e. The van der Waals surface area contributed by atoms with Gasteiger partial charge in [-0.05, 0) is 57.4 Å². The molecule has 1 aliphatic carbocycles. The normalized spacial score (nSPS) is 18.7. The van der Waals surface area contributed by atoms with Gasteiger partial charge in [0.25, 0.3) is 5.91 Å². The van der Waals surface area contributed by atoms with Crippen molar-refractivity contribution in [2.75, 3.05) is 6.54 Å². The van der Waals surface area contributed by atoms with Crippen LogP contribution in [0.15, 0.2) is 35.3 Å². The van der Waals surface area contributed by atoms with Gasteiger partial charge in [0.1, 0.15) is 5.75 Å². The van der Waals surface area contributed by atoms with Crippen LogP contribution in [0.2, 0.25) is 5.02 Å². The number of rotatable bonds is 9. The molecule has 1 aliphatic rings. The van der Waals surface area contributed by atoms with Crippen molar-refractivity contribution >= 4 is 23.1 Å². The highest BCUT2D eigenvalue weighted by atomic mass is 35.5. The Hall–Kier alpha value is -2.59. The molecule has 1 amide bonds. The van der Waals surface area contributed by atoms with Gasteiger partial charge in [0.2, 0.25) is 11.8 Å². The van der Waals surface area contributed by atoms with E-state index in [0.717, 1.165) is 0 Å². The molecule has 0 spiro atoms. The maximum atomic E-state index is 12.5. The fourth-order valence-electron chi connectivity index (χ4n) is 3.09. The summed E-state index contributed by atoms with van der Waals surface area (Å²) >= 11 is 5.85. The summed E-state index contributed by atoms with van der Waals surface area (Å²) in [6.45, 7) is 7.42. The van der Waals surface area contributed by atoms with Gasteiger partial charge in [-0.2, -0.15) is 0 Å². The first-order chi connectivity index (χ1) is 14.9. The van der Waals surface area contributed by atoms with Crippen LogP contribution in [0.5, 0.6) is 5.75 Å². The zero-order valence-electron chi connectivity index (χ0n) is 17.5. The number of hydrogen-bond donors (Lipinski definition) is 1. The first kappa shape index (κ1) is 24.1. The van der Waals surface area contributed by atoms with Crippen molar-refractivity contribution in [1.82, 2.24) is 15.5 Å². The first-order valence-electron chi connectivity index (χ1n) is 9.92. The number of carbonyl (C=O) groups is 1. The number of nitrogens with one attached hydrogen (secondary N) is 1. The lowest BCUT2D eigenvalue weighted by Gasteiger charge is -2.32. The number of benzene rings is 1. The molecule has 3 rings (SSSR count). The zero-order valence-corrected chi connectivity index (χ0v) is 18.3. The van der Waals surface area contributed by atoms with Crippen molar-refractivity contribution in [2.45, 2.75) is 57.1 Å². The Morgan fingerprint density at radius 1 is 1.25 bits per heavy atom. The molecule has 1 fully saturated rings. The van der Waals surface area contributed by atoms with Crippen molar-refractivity contribution in [3.8, 4) is 5.75 Å². The Morgan fingerprint density at radius 3 is 2.53 bits per heavy atom. The molecule has 1 aromatic heterocycles. The highest BCUT2D eigenvalue weighted by Crippen LogP contribution is 2.41. The Labute approximate surface area is 187 Å². The van der Waals surface area contributed by atoms with Gasteiger partial charge >= 0.3 is 6.36 Å². The predicted molar refractivity (Wildman–Crippen MR) is 110 cm³/mol. The van der Waals surface area contributed by atoms with Gasteiger partial charge in [0.05, 0.1) is 6.10 Å². The van der Waals surface area contributed by atoms with Crippen LogP contribution >= 0.6 is 11.6 Å². The smallest absolute Gasteiger partial charge is 0.478 e. The number of alkyl halides is 3. The predicted octanol–water partition coefficient (Wildman–Crippen LogP) is 4.88. The number of nitrogens with zero attached hydrogens (tertiary/aromatic N) is 2. The summed E-state index contributed by atoms with van der Waals surface area (Å²) < 4.78 is 51.9. The highest BCUT2D eigenvalue weighted by molar-refractivity contribution is 6.30. The summed E-state index contributed by atoms with van der Waals surface area (Å²) in [5.41, 5.74) is -0.616. The molecular weight excluding hydrogens is 451 g/mol. The lowest BCUT2D eigenvalue weighted by molar-refractivity contribution is -0.352. The topological polar surface area (TPSA) is 86.5 Å². The van der Waals surface area contributed by atoms with E-state index < -0.39 is 18.1 Å². The SMILES string of the molecule is C=C(CCNC(=O)C(C)(C)Oc1ccc(Cl)cc1)c1nnc([C@H]2C[C@@H](OC(F)(F)F)C2)o1. The van der Waals surface area contributed by atoms with Crippen molar-refractivity contribution < 1.29 is 31.9 Å². The van der Waals surface area contributed by atoms with Gasteiger partial charge in [0, 0.05) is 23.1 Å². The number of amides is 1. The van der Waals surface area contributed by atoms with Crippen LogP contribution in [0.1, 0.15) is 50.8 Å². The molecule has 0 aliphatic heterocycles. The molecule has 7 nitrogen and oxygen atoms in total. The molecule has 0 radical (unpaired) electrons. The van der Waals surface area contributed by atoms with Gasteiger partial charge in [-0.3, -0.25) is 9.53 Å². The van der Waals surface area contributed by atoms with E-state index in [0.29, 0.717) is 22.8 Å². The summed E-state index contributed by atoms with van der Waals surface area (Å²) in [7, 11) is 0. The molecular formula is C21H23ClF3N3O4. The summed E-state index contributed by atoms with van der Waals surface area (Å²) in [6, 6.07) is 6.68. The number of carbonyl (C=O) groups excluding carboxylic acids is 1. The van der Waals surface area contributed by atoms with Crippen LogP contribution in [0.4, 0.5) is 13.2 Å². The standard InChI is InChI=1S/C21H23ClF3N3O4/c1-12(17-27-28-18(30-17)13-10-16(11-13)32-21(23,24)25)8-9-26-19(29)20(2,3)31-15-6-4-14(22)5-7-15/h4-7,13,16H,1,8-11H2,2-3H3,(H,26,29)/t13-,16+. The minimum absolute atomic E-state index is 0.159. The minimum Gasteiger partial charge on any atom is -0.478 e. The third kappa shape index (κ3) is 6.46. The van der Waals surface area contributed by atoms with Crippen molar-refractivity contribution in [1.29, 1.82) is 0 Å². The molecule has 0 saturated heterocycles. The zero-order chi connectivity index (χ0) is 23.5. The lowest BCUT2D eigenvalue weighted by Crippen LogP contribution is -2.46. The van der Waals surface area contributed by atoms with E-state index in [-0.39, 0.29) is 43.0 Å². The quantitative estimate of drug-likeness (QED) is 0.558. The Balaban J connectivity index is 1.43. The molecule has 1 N–H and O–H groups in total. The number of ether oxygens (including phenoxy) is 2. The van der Waals surface area contributed by atoms with E-state index in [9.17, 15) is 18.0 Å². The van der Waals surface area contributed by atoms with Gasteiger partial charge in [0.15, 0.2) is 5.60 Å². The average molecular weight is 474 g/mol. The number of aromatic nitrogens is 2. The average Bonchev–Trinajstić information content (AvgIpc) is 3.14. The molecule has 0 unspecified atom stereocenters. The first-order valence-corrected chi connectivity index (χ1v) is 10.3. The fourth-order valence-corrected chi connectivity index (χ4v) is 3.21. The lowest BCUT2D eigenvalue weighted by atomic mass is 9.82. The summed E-state index contributed by atoms with van der Waals surface area (Å²) in [4.78, 5) is 12.5. The van der Waals surface area contributed by atoms with Crippen molar-refractivity contribution in [3.63, 3.8) is 0 Å². The summed E-state index contributed by atoms with van der Waals surface area (Å²) in [5.74, 6) is 0.352. The third-order valence-electron chi connectivity index (χ3n) is 4.93.